The Morgan fingerprint density at radius 2 is 2.00 bits per heavy atom. The van der Waals surface area contributed by atoms with Gasteiger partial charge < -0.3 is 15.0 Å². The van der Waals surface area contributed by atoms with Gasteiger partial charge in [0, 0.05) is 12.5 Å². The van der Waals surface area contributed by atoms with E-state index in [4.69, 9.17) is 4.74 Å². The van der Waals surface area contributed by atoms with Crippen molar-refractivity contribution < 1.29 is 9.53 Å². The van der Waals surface area contributed by atoms with E-state index >= 15 is 0 Å². The maximum Gasteiger partial charge on any atom is 0.226 e. The maximum absolute atomic E-state index is 12.8. The first-order valence-electron chi connectivity index (χ1n) is 7.86. The summed E-state index contributed by atoms with van der Waals surface area (Å²) in [6, 6.07) is 8.37. The molecule has 3 rings (SSSR count). The number of hydrogen-bond donors (Lipinski definition) is 1. The van der Waals surface area contributed by atoms with E-state index in [-0.39, 0.29) is 24.4 Å². The van der Waals surface area contributed by atoms with Crippen LogP contribution in [0.2, 0.25) is 0 Å². The summed E-state index contributed by atoms with van der Waals surface area (Å²) in [5, 5.41) is 3.26. The minimum Gasteiger partial charge on any atom is -0.497 e. The van der Waals surface area contributed by atoms with Crippen molar-refractivity contribution in [1.82, 2.24) is 10.2 Å². The van der Waals surface area contributed by atoms with E-state index in [1.807, 2.05) is 12.1 Å². The molecule has 2 fully saturated rings. The van der Waals surface area contributed by atoms with Crippen molar-refractivity contribution in [2.45, 2.75) is 25.8 Å². The quantitative estimate of drug-likeness (QED) is 0.925. The smallest absolute Gasteiger partial charge is 0.226 e. The summed E-state index contributed by atoms with van der Waals surface area (Å²) in [5.41, 5.74) is 1.22. The van der Waals surface area contributed by atoms with Gasteiger partial charge in [0.05, 0.1) is 13.2 Å². The van der Waals surface area contributed by atoms with E-state index in [0.717, 1.165) is 38.2 Å². The van der Waals surface area contributed by atoms with E-state index < -0.39 is 0 Å². The second-order valence-electron chi connectivity index (χ2n) is 6.17. The van der Waals surface area contributed by atoms with Crippen molar-refractivity contribution in [2.24, 2.45) is 11.8 Å². The van der Waals surface area contributed by atoms with Crippen LogP contribution >= 0.6 is 12.4 Å². The second-order valence-corrected chi connectivity index (χ2v) is 6.17. The van der Waals surface area contributed by atoms with E-state index in [2.05, 4.69) is 29.3 Å². The highest BCUT2D eigenvalue weighted by atomic mass is 35.5. The van der Waals surface area contributed by atoms with E-state index in [1.54, 1.807) is 7.11 Å². The normalized spacial score (nSPS) is 22.6. The first kappa shape index (κ1) is 17.1. The minimum atomic E-state index is 0. The third-order valence-corrected chi connectivity index (χ3v) is 4.95. The second kappa shape index (κ2) is 7.34. The number of methoxy groups -OCH3 is 1. The minimum absolute atomic E-state index is 0. The van der Waals surface area contributed by atoms with Crippen LogP contribution in [0.1, 0.15) is 31.4 Å². The topological polar surface area (TPSA) is 41.6 Å². The molecule has 5 heteroatoms. The first-order valence-corrected chi connectivity index (χ1v) is 7.86. The van der Waals surface area contributed by atoms with E-state index in [9.17, 15) is 4.79 Å². The van der Waals surface area contributed by atoms with Gasteiger partial charge in [-0.25, -0.2) is 0 Å². The molecule has 0 radical (unpaired) electrons. The molecule has 2 unspecified atom stereocenters. The highest BCUT2D eigenvalue weighted by molar-refractivity contribution is 5.85. The van der Waals surface area contributed by atoms with Crippen LogP contribution in [0.3, 0.4) is 0 Å². The van der Waals surface area contributed by atoms with Crippen LogP contribution in [-0.4, -0.2) is 37.6 Å². The Morgan fingerprint density at radius 1 is 1.32 bits per heavy atom. The van der Waals surface area contributed by atoms with Crippen molar-refractivity contribution in [3.05, 3.63) is 29.8 Å². The zero-order chi connectivity index (χ0) is 14.8. The number of amides is 1. The molecular weight excluding hydrogens is 300 g/mol. The van der Waals surface area contributed by atoms with Gasteiger partial charge >= 0.3 is 0 Å². The average molecular weight is 325 g/mol. The van der Waals surface area contributed by atoms with Crippen molar-refractivity contribution in [1.29, 1.82) is 0 Å². The van der Waals surface area contributed by atoms with Gasteiger partial charge in [-0.05, 0) is 49.5 Å². The van der Waals surface area contributed by atoms with Crippen LogP contribution in [0.5, 0.6) is 5.75 Å². The maximum atomic E-state index is 12.8. The molecule has 1 aromatic rings. The fourth-order valence-electron chi connectivity index (χ4n) is 3.33. The van der Waals surface area contributed by atoms with Crippen LogP contribution < -0.4 is 10.1 Å². The molecule has 2 aliphatic heterocycles. The molecule has 4 nitrogen and oxygen atoms in total. The zero-order valence-corrected chi connectivity index (χ0v) is 14.1. The summed E-state index contributed by atoms with van der Waals surface area (Å²) in [6.45, 7) is 4.93. The SMILES string of the molecule is COc1ccc(C2CCCN2C(=O)C(C)C2CNC2)cc1.Cl. The van der Waals surface area contributed by atoms with Crippen molar-refractivity contribution in [3.63, 3.8) is 0 Å². The first-order chi connectivity index (χ1) is 10.2. The molecule has 1 aromatic carbocycles. The standard InChI is InChI=1S/C17H24N2O2.ClH/c1-12(14-10-18-11-14)17(20)19-9-3-4-16(19)13-5-7-15(21-2)8-6-13;/h5-8,12,14,16,18H,3-4,9-11H2,1-2H3;1H. The Balaban J connectivity index is 0.00000176. The number of likely N-dealkylation sites (tertiary alicyclic amines) is 1. The largest absolute Gasteiger partial charge is 0.497 e. The highest BCUT2D eigenvalue weighted by Crippen LogP contribution is 2.35. The molecule has 1 amide bonds. The molecule has 22 heavy (non-hydrogen) atoms. The lowest BCUT2D eigenvalue weighted by atomic mass is 9.87. The molecule has 2 saturated heterocycles. The van der Waals surface area contributed by atoms with E-state index in [0.29, 0.717) is 11.8 Å². The van der Waals surface area contributed by atoms with Crippen LogP contribution in [-0.2, 0) is 4.79 Å². The van der Waals surface area contributed by atoms with Gasteiger partial charge in [-0.15, -0.1) is 12.4 Å². The van der Waals surface area contributed by atoms with Gasteiger partial charge in [0.25, 0.3) is 0 Å². The Labute approximate surface area is 138 Å². The molecule has 2 atom stereocenters. The van der Waals surface area contributed by atoms with Crippen LogP contribution in [0.25, 0.3) is 0 Å². The van der Waals surface area contributed by atoms with Crippen LogP contribution in [0.15, 0.2) is 24.3 Å². The lowest BCUT2D eigenvalue weighted by molar-refractivity contribution is -0.138. The molecule has 0 aliphatic carbocycles. The average Bonchev–Trinajstić information content (AvgIpc) is 2.94. The zero-order valence-electron chi connectivity index (χ0n) is 13.2. The van der Waals surface area contributed by atoms with Gasteiger partial charge in [0.15, 0.2) is 0 Å². The van der Waals surface area contributed by atoms with Crippen LogP contribution in [0.4, 0.5) is 0 Å². The number of carbonyl (C=O) groups excluding carboxylic acids is 1. The monoisotopic (exact) mass is 324 g/mol. The van der Waals surface area contributed by atoms with Gasteiger partial charge in [-0.1, -0.05) is 19.1 Å². The highest BCUT2D eigenvalue weighted by Gasteiger charge is 2.36. The lowest BCUT2D eigenvalue weighted by Crippen LogP contribution is -2.50. The predicted octanol–water partition coefficient (Wildman–Crippen LogP) is 2.64. The number of carbonyl (C=O) groups is 1. The van der Waals surface area contributed by atoms with Crippen molar-refractivity contribution >= 4 is 18.3 Å². The number of nitrogens with one attached hydrogen (secondary N) is 1. The number of hydrogen-bond acceptors (Lipinski definition) is 3. The van der Waals surface area contributed by atoms with Gasteiger partial charge in [0.1, 0.15) is 5.75 Å². The number of rotatable bonds is 4. The molecule has 122 valence electrons. The lowest BCUT2D eigenvalue weighted by Gasteiger charge is -2.35. The number of benzene rings is 1. The summed E-state index contributed by atoms with van der Waals surface area (Å²) in [4.78, 5) is 14.8. The molecule has 0 spiro atoms. The number of ether oxygens (including phenoxy) is 1. The third kappa shape index (κ3) is 3.23. The summed E-state index contributed by atoms with van der Waals surface area (Å²) in [6.07, 6.45) is 2.16. The molecular formula is C17H25ClN2O2. The van der Waals surface area contributed by atoms with Crippen LogP contribution in [0, 0.1) is 11.8 Å². The summed E-state index contributed by atoms with van der Waals surface area (Å²) in [7, 11) is 1.68. The summed E-state index contributed by atoms with van der Waals surface area (Å²) >= 11 is 0. The van der Waals surface area contributed by atoms with Gasteiger partial charge in [-0.2, -0.15) is 0 Å². The van der Waals surface area contributed by atoms with Crippen molar-refractivity contribution in [2.75, 3.05) is 26.7 Å². The molecule has 1 N–H and O–H groups in total. The fourth-order valence-corrected chi connectivity index (χ4v) is 3.33. The Hall–Kier alpha value is -1.26. The molecule has 2 aliphatic rings. The Kier molecular flexibility index (Phi) is 5.70. The summed E-state index contributed by atoms with van der Waals surface area (Å²) < 4.78 is 5.21. The predicted molar refractivity (Wildman–Crippen MR) is 89.5 cm³/mol. The molecule has 0 bridgehead atoms. The van der Waals surface area contributed by atoms with E-state index in [1.165, 1.54) is 5.56 Å². The van der Waals surface area contributed by atoms with Gasteiger partial charge in [0.2, 0.25) is 5.91 Å². The molecule has 2 heterocycles. The Morgan fingerprint density at radius 3 is 2.55 bits per heavy atom. The number of halogens is 1. The molecule has 0 aromatic heterocycles. The third-order valence-electron chi connectivity index (χ3n) is 4.95. The number of nitrogens with zero attached hydrogens (tertiary/aromatic N) is 1. The van der Waals surface area contributed by atoms with Crippen molar-refractivity contribution in [3.8, 4) is 5.75 Å². The Bertz CT molecular complexity index is 502. The fraction of sp³-hybridized carbons (Fsp3) is 0.588. The summed E-state index contributed by atoms with van der Waals surface area (Å²) in [5.74, 6) is 1.82. The molecule has 0 saturated carbocycles. The van der Waals surface area contributed by atoms with Gasteiger partial charge in [-0.3, -0.25) is 4.79 Å².